The first kappa shape index (κ1) is 9.88. The van der Waals surface area contributed by atoms with E-state index in [0.29, 0.717) is 17.2 Å². The Morgan fingerprint density at radius 1 is 1.54 bits per heavy atom. The SMILES string of the molecule is COc1cc(C)c(CCl)cc1C#N. The van der Waals surface area contributed by atoms with Crippen LogP contribution in [0.25, 0.3) is 0 Å². The van der Waals surface area contributed by atoms with E-state index in [1.54, 1.807) is 13.2 Å². The Hall–Kier alpha value is -1.20. The van der Waals surface area contributed by atoms with Gasteiger partial charge in [-0.2, -0.15) is 5.26 Å². The van der Waals surface area contributed by atoms with E-state index < -0.39 is 0 Å². The van der Waals surface area contributed by atoms with E-state index in [-0.39, 0.29) is 0 Å². The number of aryl methyl sites for hydroxylation is 1. The molecule has 0 fully saturated rings. The summed E-state index contributed by atoms with van der Waals surface area (Å²) < 4.78 is 5.05. The number of nitriles is 1. The van der Waals surface area contributed by atoms with E-state index in [1.165, 1.54) is 0 Å². The summed E-state index contributed by atoms with van der Waals surface area (Å²) in [7, 11) is 1.55. The van der Waals surface area contributed by atoms with Gasteiger partial charge in [0.15, 0.2) is 0 Å². The maximum atomic E-state index is 8.79. The molecule has 0 atom stereocenters. The van der Waals surface area contributed by atoms with Gasteiger partial charge in [-0.1, -0.05) is 0 Å². The third kappa shape index (κ3) is 1.93. The number of ether oxygens (including phenoxy) is 1. The Bertz CT molecular complexity index is 355. The minimum absolute atomic E-state index is 0.421. The summed E-state index contributed by atoms with van der Waals surface area (Å²) in [6.45, 7) is 1.95. The van der Waals surface area contributed by atoms with Gasteiger partial charge in [0.05, 0.1) is 12.7 Å². The van der Waals surface area contributed by atoms with Crippen LogP contribution in [0.5, 0.6) is 5.75 Å². The Labute approximate surface area is 82.7 Å². The maximum absolute atomic E-state index is 8.79. The van der Waals surface area contributed by atoms with E-state index in [9.17, 15) is 0 Å². The molecule has 0 spiro atoms. The monoisotopic (exact) mass is 195 g/mol. The molecular formula is C10H10ClNO. The van der Waals surface area contributed by atoms with Gasteiger partial charge < -0.3 is 4.74 Å². The minimum Gasteiger partial charge on any atom is -0.495 e. The molecule has 0 heterocycles. The normalized spacial score (nSPS) is 9.38. The Kier molecular flexibility index (Phi) is 3.16. The van der Waals surface area contributed by atoms with Crippen molar-refractivity contribution >= 4 is 11.6 Å². The minimum atomic E-state index is 0.421. The number of hydrogen-bond acceptors (Lipinski definition) is 2. The number of alkyl halides is 1. The fraction of sp³-hybridized carbons (Fsp3) is 0.300. The number of halogens is 1. The Balaban J connectivity index is 3.28. The van der Waals surface area contributed by atoms with Gasteiger partial charge in [-0.15, -0.1) is 11.6 Å². The average molecular weight is 196 g/mol. The number of methoxy groups -OCH3 is 1. The molecule has 2 nitrogen and oxygen atoms in total. The largest absolute Gasteiger partial charge is 0.495 e. The highest BCUT2D eigenvalue weighted by atomic mass is 35.5. The molecule has 1 aromatic rings. The maximum Gasteiger partial charge on any atom is 0.136 e. The van der Waals surface area contributed by atoms with Crippen molar-refractivity contribution in [1.29, 1.82) is 5.26 Å². The van der Waals surface area contributed by atoms with Crippen LogP contribution in [-0.2, 0) is 5.88 Å². The van der Waals surface area contributed by atoms with E-state index in [1.807, 2.05) is 13.0 Å². The van der Waals surface area contributed by atoms with Gasteiger partial charge in [-0.3, -0.25) is 0 Å². The summed E-state index contributed by atoms with van der Waals surface area (Å²) in [6, 6.07) is 5.66. The molecule has 1 aromatic carbocycles. The van der Waals surface area contributed by atoms with Crippen LogP contribution >= 0.6 is 11.6 Å². The summed E-state index contributed by atoms with van der Waals surface area (Å²) in [6.07, 6.45) is 0. The van der Waals surface area contributed by atoms with Crippen molar-refractivity contribution in [3.05, 3.63) is 28.8 Å². The molecule has 0 aliphatic carbocycles. The van der Waals surface area contributed by atoms with Crippen LogP contribution in [-0.4, -0.2) is 7.11 Å². The van der Waals surface area contributed by atoms with Crippen LogP contribution in [0.2, 0.25) is 0 Å². The fourth-order valence-electron chi connectivity index (χ4n) is 1.13. The zero-order valence-electron chi connectivity index (χ0n) is 7.60. The zero-order valence-corrected chi connectivity index (χ0v) is 8.35. The van der Waals surface area contributed by atoms with Crippen LogP contribution in [0, 0.1) is 18.3 Å². The van der Waals surface area contributed by atoms with Crippen LogP contribution in [0.4, 0.5) is 0 Å². The molecular weight excluding hydrogens is 186 g/mol. The van der Waals surface area contributed by atoms with Gasteiger partial charge in [0.1, 0.15) is 11.8 Å². The second kappa shape index (κ2) is 4.15. The quantitative estimate of drug-likeness (QED) is 0.680. The van der Waals surface area contributed by atoms with E-state index in [2.05, 4.69) is 6.07 Å². The first-order valence-corrected chi connectivity index (χ1v) is 4.40. The molecule has 0 amide bonds. The predicted octanol–water partition coefficient (Wildman–Crippen LogP) is 2.61. The van der Waals surface area contributed by atoms with Crippen molar-refractivity contribution in [2.75, 3.05) is 7.11 Å². The van der Waals surface area contributed by atoms with Crippen LogP contribution in [0.3, 0.4) is 0 Å². The third-order valence-electron chi connectivity index (χ3n) is 1.92. The van der Waals surface area contributed by atoms with Gasteiger partial charge >= 0.3 is 0 Å². The fourth-order valence-corrected chi connectivity index (χ4v) is 1.41. The molecule has 0 saturated carbocycles. The molecule has 0 N–H and O–H groups in total. The number of rotatable bonds is 2. The highest BCUT2D eigenvalue weighted by Gasteiger charge is 2.06. The summed E-state index contributed by atoms with van der Waals surface area (Å²) in [5.41, 5.74) is 2.55. The van der Waals surface area contributed by atoms with Gasteiger partial charge in [0, 0.05) is 5.88 Å². The van der Waals surface area contributed by atoms with Crippen LogP contribution < -0.4 is 4.74 Å². The van der Waals surface area contributed by atoms with Crippen molar-refractivity contribution in [1.82, 2.24) is 0 Å². The second-order valence-corrected chi connectivity index (χ2v) is 2.99. The standard InChI is InChI=1S/C10H10ClNO/c1-7-3-10(13-2)9(6-12)4-8(7)5-11/h3-4H,5H2,1-2H3. The number of nitrogens with zero attached hydrogens (tertiary/aromatic N) is 1. The molecule has 0 radical (unpaired) electrons. The van der Waals surface area contributed by atoms with E-state index in [0.717, 1.165) is 11.1 Å². The molecule has 0 bridgehead atoms. The molecule has 1 rings (SSSR count). The zero-order chi connectivity index (χ0) is 9.84. The lowest BCUT2D eigenvalue weighted by molar-refractivity contribution is 0.413. The summed E-state index contributed by atoms with van der Waals surface area (Å²) in [5, 5.41) is 8.79. The lowest BCUT2D eigenvalue weighted by Crippen LogP contribution is -1.92. The van der Waals surface area contributed by atoms with Gasteiger partial charge in [-0.25, -0.2) is 0 Å². The lowest BCUT2D eigenvalue weighted by atomic mass is 10.1. The first-order chi connectivity index (χ1) is 6.22. The molecule has 13 heavy (non-hydrogen) atoms. The molecule has 0 saturated heterocycles. The predicted molar refractivity (Wildman–Crippen MR) is 52.0 cm³/mol. The summed E-state index contributed by atoms with van der Waals surface area (Å²) >= 11 is 5.71. The average Bonchev–Trinajstić information content (AvgIpc) is 2.17. The van der Waals surface area contributed by atoms with E-state index in [4.69, 9.17) is 21.6 Å². The van der Waals surface area contributed by atoms with Crippen molar-refractivity contribution in [3.63, 3.8) is 0 Å². The van der Waals surface area contributed by atoms with Crippen molar-refractivity contribution in [2.45, 2.75) is 12.8 Å². The highest BCUT2D eigenvalue weighted by Crippen LogP contribution is 2.23. The molecule has 68 valence electrons. The van der Waals surface area contributed by atoms with Crippen LogP contribution in [0.15, 0.2) is 12.1 Å². The Morgan fingerprint density at radius 3 is 2.69 bits per heavy atom. The molecule has 0 unspecified atom stereocenters. The highest BCUT2D eigenvalue weighted by molar-refractivity contribution is 6.17. The van der Waals surface area contributed by atoms with Gasteiger partial charge in [0.2, 0.25) is 0 Å². The summed E-state index contributed by atoms with van der Waals surface area (Å²) in [4.78, 5) is 0. The third-order valence-corrected chi connectivity index (χ3v) is 2.21. The lowest BCUT2D eigenvalue weighted by Gasteiger charge is -2.07. The Morgan fingerprint density at radius 2 is 2.23 bits per heavy atom. The molecule has 0 aromatic heterocycles. The van der Waals surface area contributed by atoms with Crippen LogP contribution in [0.1, 0.15) is 16.7 Å². The second-order valence-electron chi connectivity index (χ2n) is 2.72. The number of hydrogen-bond donors (Lipinski definition) is 0. The molecule has 0 aliphatic rings. The smallest absolute Gasteiger partial charge is 0.136 e. The summed E-state index contributed by atoms with van der Waals surface area (Å²) in [5.74, 6) is 1.03. The molecule has 0 aliphatic heterocycles. The first-order valence-electron chi connectivity index (χ1n) is 3.86. The van der Waals surface area contributed by atoms with Gasteiger partial charge in [-0.05, 0) is 30.2 Å². The van der Waals surface area contributed by atoms with Crippen molar-refractivity contribution in [2.24, 2.45) is 0 Å². The van der Waals surface area contributed by atoms with E-state index >= 15 is 0 Å². The molecule has 3 heteroatoms. The van der Waals surface area contributed by atoms with Gasteiger partial charge in [0.25, 0.3) is 0 Å². The van der Waals surface area contributed by atoms with Crippen molar-refractivity contribution < 1.29 is 4.74 Å². The number of benzene rings is 1. The van der Waals surface area contributed by atoms with Crippen molar-refractivity contribution in [3.8, 4) is 11.8 Å². The topological polar surface area (TPSA) is 33.0 Å².